The topological polar surface area (TPSA) is 89.7 Å². The van der Waals surface area contributed by atoms with E-state index in [9.17, 15) is 20.0 Å². The summed E-state index contributed by atoms with van der Waals surface area (Å²) in [6.07, 6.45) is 0. The highest BCUT2D eigenvalue weighted by Gasteiger charge is 2.24. The van der Waals surface area contributed by atoms with Crippen LogP contribution in [0.2, 0.25) is 0 Å². The predicted molar refractivity (Wildman–Crippen MR) is 81.5 cm³/mol. The normalized spacial score (nSPS) is 10.3. The van der Waals surface area contributed by atoms with Crippen molar-refractivity contribution in [2.75, 3.05) is 7.11 Å². The van der Waals surface area contributed by atoms with Crippen LogP contribution in [0.3, 0.4) is 0 Å². The SMILES string of the molecule is COc1ccc(C)cc1-c1ccc([N+](=O)[O-])c(C)c1C(=O)O. The van der Waals surface area contributed by atoms with Crippen molar-refractivity contribution < 1.29 is 19.6 Å². The monoisotopic (exact) mass is 301 g/mol. The lowest BCUT2D eigenvalue weighted by Gasteiger charge is -2.14. The van der Waals surface area contributed by atoms with Crippen LogP contribution in [0.5, 0.6) is 5.75 Å². The number of ether oxygens (including phenoxy) is 1. The first kappa shape index (κ1) is 15.5. The quantitative estimate of drug-likeness (QED) is 0.688. The maximum absolute atomic E-state index is 11.6. The Morgan fingerprint density at radius 1 is 1.18 bits per heavy atom. The Balaban J connectivity index is 2.82. The molecule has 22 heavy (non-hydrogen) atoms. The highest BCUT2D eigenvalue weighted by atomic mass is 16.6. The number of hydrogen-bond donors (Lipinski definition) is 1. The van der Waals surface area contributed by atoms with Gasteiger partial charge in [-0.15, -0.1) is 0 Å². The summed E-state index contributed by atoms with van der Waals surface area (Å²) in [4.78, 5) is 22.0. The van der Waals surface area contributed by atoms with Crippen molar-refractivity contribution in [1.29, 1.82) is 0 Å². The third kappa shape index (κ3) is 2.63. The third-order valence-corrected chi connectivity index (χ3v) is 3.49. The van der Waals surface area contributed by atoms with Gasteiger partial charge < -0.3 is 9.84 Å². The number of carboxylic acids is 1. The molecular formula is C16H15NO5. The lowest BCUT2D eigenvalue weighted by molar-refractivity contribution is -0.385. The van der Waals surface area contributed by atoms with Gasteiger partial charge in [0.15, 0.2) is 0 Å². The van der Waals surface area contributed by atoms with Gasteiger partial charge in [-0.1, -0.05) is 11.6 Å². The van der Waals surface area contributed by atoms with Crippen molar-refractivity contribution in [3.63, 3.8) is 0 Å². The van der Waals surface area contributed by atoms with E-state index in [0.717, 1.165) is 5.56 Å². The van der Waals surface area contributed by atoms with Gasteiger partial charge in [-0.25, -0.2) is 4.79 Å². The molecule has 6 nitrogen and oxygen atoms in total. The van der Waals surface area contributed by atoms with Crippen LogP contribution < -0.4 is 4.74 Å². The van der Waals surface area contributed by atoms with Crippen molar-refractivity contribution >= 4 is 11.7 Å². The molecule has 114 valence electrons. The third-order valence-electron chi connectivity index (χ3n) is 3.49. The van der Waals surface area contributed by atoms with Gasteiger partial charge in [-0.2, -0.15) is 0 Å². The fraction of sp³-hybridized carbons (Fsp3) is 0.188. The maximum atomic E-state index is 11.6. The fourth-order valence-electron chi connectivity index (χ4n) is 2.43. The molecule has 0 fully saturated rings. The Kier molecular flexibility index (Phi) is 4.12. The minimum atomic E-state index is -1.21. The molecule has 0 aliphatic rings. The minimum absolute atomic E-state index is 0.0851. The van der Waals surface area contributed by atoms with Crippen molar-refractivity contribution in [1.82, 2.24) is 0 Å². The molecule has 0 heterocycles. The number of nitro groups is 1. The largest absolute Gasteiger partial charge is 0.496 e. The molecule has 0 amide bonds. The number of rotatable bonds is 4. The summed E-state index contributed by atoms with van der Waals surface area (Å²) in [7, 11) is 1.49. The Hall–Kier alpha value is -2.89. The first-order valence-electron chi connectivity index (χ1n) is 6.53. The average molecular weight is 301 g/mol. The molecule has 0 unspecified atom stereocenters. The highest BCUT2D eigenvalue weighted by Crippen LogP contribution is 2.37. The number of methoxy groups -OCH3 is 1. The van der Waals surface area contributed by atoms with E-state index >= 15 is 0 Å². The molecule has 0 radical (unpaired) electrons. The van der Waals surface area contributed by atoms with Crippen LogP contribution in [0.25, 0.3) is 11.1 Å². The molecule has 0 saturated carbocycles. The van der Waals surface area contributed by atoms with Crippen LogP contribution in [0.15, 0.2) is 30.3 Å². The molecule has 0 aliphatic carbocycles. The van der Waals surface area contributed by atoms with E-state index in [2.05, 4.69) is 0 Å². The molecule has 1 N–H and O–H groups in total. The Morgan fingerprint density at radius 3 is 2.41 bits per heavy atom. The molecule has 2 aromatic carbocycles. The molecule has 0 spiro atoms. The zero-order valence-corrected chi connectivity index (χ0v) is 12.4. The van der Waals surface area contributed by atoms with E-state index in [1.165, 1.54) is 26.2 Å². The van der Waals surface area contributed by atoms with Gasteiger partial charge in [0.25, 0.3) is 5.69 Å². The molecule has 0 aliphatic heterocycles. The van der Waals surface area contributed by atoms with Crippen LogP contribution in [0.1, 0.15) is 21.5 Å². The molecular weight excluding hydrogens is 286 g/mol. The van der Waals surface area contributed by atoms with E-state index in [0.29, 0.717) is 16.9 Å². The number of carbonyl (C=O) groups is 1. The number of nitrogens with zero attached hydrogens (tertiary/aromatic N) is 1. The number of nitro benzene ring substituents is 1. The first-order valence-corrected chi connectivity index (χ1v) is 6.53. The van der Waals surface area contributed by atoms with Gasteiger partial charge in [0.05, 0.1) is 17.6 Å². The Labute approximate surface area is 127 Å². The van der Waals surface area contributed by atoms with Crippen LogP contribution >= 0.6 is 0 Å². The molecule has 6 heteroatoms. The standard InChI is InChI=1S/C16H15NO5/c1-9-4-7-14(22-3)12(8-9)11-5-6-13(17(20)21)10(2)15(11)16(18)19/h4-8H,1-3H3,(H,18,19). The van der Waals surface area contributed by atoms with Crippen LogP contribution in [-0.2, 0) is 0 Å². The fourth-order valence-corrected chi connectivity index (χ4v) is 2.43. The maximum Gasteiger partial charge on any atom is 0.336 e. The van der Waals surface area contributed by atoms with Crippen LogP contribution in [0, 0.1) is 24.0 Å². The van der Waals surface area contributed by atoms with Gasteiger partial charge in [0.1, 0.15) is 5.75 Å². The van der Waals surface area contributed by atoms with E-state index in [1.54, 1.807) is 12.1 Å². The summed E-state index contributed by atoms with van der Waals surface area (Å²) in [5.41, 5.74) is 1.75. The minimum Gasteiger partial charge on any atom is -0.496 e. The molecule has 2 aromatic rings. The van der Waals surface area contributed by atoms with Gasteiger partial charge in [0, 0.05) is 22.8 Å². The second kappa shape index (κ2) is 5.85. The zero-order chi connectivity index (χ0) is 16.4. The number of aryl methyl sites for hydroxylation is 1. The summed E-state index contributed by atoms with van der Waals surface area (Å²) in [5.74, 6) is -0.693. The molecule has 0 bridgehead atoms. The number of aromatic carboxylic acids is 1. The summed E-state index contributed by atoms with van der Waals surface area (Å²) in [6.45, 7) is 3.31. The van der Waals surface area contributed by atoms with Crippen LogP contribution in [-0.4, -0.2) is 23.1 Å². The summed E-state index contributed by atoms with van der Waals surface area (Å²) >= 11 is 0. The van der Waals surface area contributed by atoms with Crippen molar-refractivity contribution in [2.24, 2.45) is 0 Å². The molecule has 2 rings (SSSR count). The lowest BCUT2D eigenvalue weighted by Crippen LogP contribution is -2.06. The number of benzene rings is 2. The Morgan fingerprint density at radius 2 is 1.86 bits per heavy atom. The van der Waals surface area contributed by atoms with Gasteiger partial charge in [-0.05, 0) is 32.0 Å². The van der Waals surface area contributed by atoms with Gasteiger partial charge in [-0.3, -0.25) is 10.1 Å². The van der Waals surface area contributed by atoms with Crippen molar-refractivity contribution in [2.45, 2.75) is 13.8 Å². The van der Waals surface area contributed by atoms with Gasteiger partial charge >= 0.3 is 5.97 Å². The second-order valence-corrected chi connectivity index (χ2v) is 4.90. The van der Waals surface area contributed by atoms with Crippen molar-refractivity contribution in [3.8, 4) is 16.9 Å². The van der Waals surface area contributed by atoms with E-state index < -0.39 is 10.9 Å². The summed E-state index contributed by atoms with van der Waals surface area (Å²) in [5, 5.41) is 20.5. The van der Waals surface area contributed by atoms with Gasteiger partial charge in [0.2, 0.25) is 0 Å². The summed E-state index contributed by atoms with van der Waals surface area (Å²) < 4.78 is 5.28. The number of carboxylic acid groups (broad SMARTS) is 1. The molecule has 0 aromatic heterocycles. The zero-order valence-electron chi connectivity index (χ0n) is 12.4. The van der Waals surface area contributed by atoms with Crippen LogP contribution in [0.4, 0.5) is 5.69 Å². The molecule has 0 atom stereocenters. The van der Waals surface area contributed by atoms with E-state index in [4.69, 9.17) is 4.74 Å². The molecule has 0 saturated heterocycles. The predicted octanol–water partition coefficient (Wildman–Crippen LogP) is 3.59. The first-order chi connectivity index (χ1) is 10.4. The Bertz CT molecular complexity index is 767. The number of hydrogen-bond acceptors (Lipinski definition) is 4. The van der Waals surface area contributed by atoms with E-state index in [1.807, 2.05) is 13.0 Å². The average Bonchev–Trinajstić information content (AvgIpc) is 2.45. The second-order valence-electron chi connectivity index (χ2n) is 4.90. The van der Waals surface area contributed by atoms with E-state index in [-0.39, 0.29) is 16.8 Å². The lowest BCUT2D eigenvalue weighted by atomic mass is 9.93. The van der Waals surface area contributed by atoms with Crippen molar-refractivity contribution in [3.05, 3.63) is 57.1 Å². The highest BCUT2D eigenvalue weighted by molar-refractivity contribution is 5.99. The summed E-state index contributed by atoms with van der Waals surface area (Å²) in [6, 6.07) is 8.16. The smallest absolute Gasteiger partial charge is 0.336 e.